The van der Waals surface area contributed by atoms with Gasteiger partial charge in [-0.25, -0.2) is 8.42 Å². The molecule has 9 heteroatoms. The molecule has 2 aliphatic rings. The zero-order valence-corrected chi connectivity index (χ0v) is 20.3. The van der Waals surface area contributed by atoms with Gasteiger partial charge in [0, 0.05) is 20.4 Å². The van der Waals surface area contributed by atoms with Gasteiger partial charge in [-0.2, -0.15) is 4.31 Å². The largest absolute Gasteiger partial charge is 0.345 e. The van der Waals surface area contributed by atoms with Crippen molar-refractivity contribution in [1.82, 2.24) is 19.9 Å². The summed E-state index contributed by atoms with van der Waals surface area (Å²) in [6, 6.07) is 10.4. The van der Waals surface area contributed by atoms with Crippen LogP contribution in [-0.4, -0.2) is 48.1 Å². The molecule has 2 N–H and O–H groups in total. The topological polar surface area (TPSA) is 108 Å². The number of hydrogen-bond donors (Lipinski definition) is 2. The van der Waals surface area contributed by atoms with Crippen LogP contribution in [0.4, 0.5) is 0 Å². The molecule has 0 unspecified atom stereocenters. The van der Waals surface area contributed by atoms with E-state index in [4.69, 9.17) is 0 Å². The van der Waals surface area contributed by atoms with Crippen molar-refractivity contribution in [2.45, 2.75) is 74.4 Å². The van der Waals surface area contributed by atoms with Crippen LogP contribution in [0.5, 0.6) is 0 Å². The first kappa shape index (κ1) is 24.3. The van der Waals surface area contributed by atoms with E-state index in [0.717, 1.165) is 24.8 Å². The minimum absolute atomic E-state index is 0. The summed E-state index contributed by atoms with van der Waals surface area (Å²) in [6.45, 7) is 2.23. The zero-order valence-electron chi connectivity index (χ0n) is 19.4. The van der Waals surface area contributed by atoms with Crippen molar-refractivity contribution in [2.75, 3.05) is 6.54 Å². The lowest BCUT2D eigenvalue weighted by molar-refractivity contribution is -0.132. The quantitative estimate of drug-likeness (QED) is 0.567. The SMILES string of the molecule is CCC[C@@H](NC(=O)[C@@H]1CCCCN1S(=O)(=O)c1ccccc1)C(=O)NC1(c2cccnc2)CC1.[HH]. The summed E-state index contributed by atoms with van der Waals surface area (Å²) >= 11 is 0. The van der Waals surface area contributed by atoms with E-state index in [1.807, 2.05) is 19.1 Å². The highest BCUT2D eigenvalue weighted by molar-refractivity contribution is 7.89. The molecular formula is C25H34N4O4S. The highest BCUT2D eigenvalue weighted by atomic mass is 32.2. The van der Waals surface area contributed by atoms with Crippen molar-refractivity contribution in [3.8, 4) is 0 Å². The maximum atomic E-state index is 13.3. The molecule has 1 saturated carbocycles. The van der Waals surface area contributed by atoms with Gasteiger partial charge in [0.05, 0.1) is 10.4 Å². The van der Waals surface area contributed by atoms with E-state index in [1.165, 1.54) is 4.31 Å². The highest BCUT2D eigenvalue weighted by Gasteiger charge is 2.47. The second kappa shape index (κ2) is 10.2. The summed E-state index contributed by atoms with van der Waals surface area (Å²) in [5.41, 5.74) is 0.521. The summed E-state index contributed by atoms with van der Waals surface area (Å²) in [4.78, 5) is 30.9. The van der Waals surface area contributed by atoms with Gasteiger partial charge in [-0.15, -0.1) is 0 Å². The Bertz CT molecular complexity index is 1110. The monoisotopic (exact) mass is 486 g/mol. The lowest BCUT2D eigenvalue weighted by Gasteiger charge is -2.34. The number of carbonyl (C=O) groups is 2. The maximum absolute atomic E-state index is 13.3. The number of rotatable bonds is 9. The van der Waals surface area contributed by atoms with E-state index in [2.05, 4.69) is 15.6 Å². The number of hydrogen-bond acceptors (Lipinski definition) is 5. The lowest BCUT2D eigenvalue weighted by Crippen LogP contribution is -2.56. The van der Waals surface area contributed by atoms with Gasteiger partial charge in [-0.05, 0) is 55.9 Å². The molecule has 184 valence electrons. The predicted molar refractivity (Wildman–Crippen MR) is 130 cm³/mol. The number of piperidine rings is 1. The smallest absolute Gasteiger partial charge is 0.243 e. The number of nitrogens with one attached hydrogen (secondary N) is 2. The van der Waals surface area contributed by atoms with Gasteiger partial charge in [0.25, 0.3) is 0 Å². The van der Waals surface area contributed by atoms with Gasteiger partial charge in [0.2, 0.25) is 21.8 Å². The van der Waals surface area contributed by atoms with Crippen LogP contribution in [-0.2, 0) is 25.2 Å². The molecule has 2 aromatic rings. The van der Waals surface area contributed by atoms with E-state index >= 15 is 0 Å². The third-order valence-corrected chi connectivity index (χ3v) is 8.57. The van der Waals surface area contributed by atoms with Gasteiger partial charge in [0.1, 0.15) is 12.1 Å². The maximum Gasteiger partial charge on any atom is 0.243 e. The molecule has 2 heterocycles. The summed E-state index contributed by atoms with van der Waals surface area (Å²) in [6.07, 6.45) is 8.16. The van der Waals surface area contributed by atoms with Gasteiger partial charge in [0.15, 0.2) is 0 Å². The van der Waals surface area contributed by atoms with E-state index in [9.17, 15) is 18.0 Å². The van der Waals surface area contributed by atoms with Crippen LogP contribution in [0.1, 0.15) is 58.9 Å². The Kier molecular flexibility index (Phi) is 7.33. The Labute approximate surface area is 202 Å². The summed E-state index contributed by atoms with van der Waals surface area (Å²) in [5.74, 6) is -0.663. The number of carbonyl (C=O) groups excluding carboxylic acids is 2. The fourth-order valence-corrected chi connectivity index (χ4v) is 6.27. The van der Waals surface area contributed by atoms with Crippen LogP contribution in [0.25, 0.3) is 0 Å². The molecule has 0 spiro atoms. The molecule has 1 aromatic heterocycles. The molecule has 2 atom stereocenters. The molecule has 8 nitrogen and oxygen atoms in total. The predicted octanol–water partition coefficient (Wildman–Crippen LogP) is 2.96. The number of benzene rings is 1. The molecular weight excluding hydrogens is 452 g/mol. The van der Waals surface area contributed by atoms with Crippen LogP contribution in [0.3, 0.4) is 0 Å². The fourth-order valence-electron chi connectivity index (χ4n) is 4.59. The lowest BCUT2D eigenvalue weighted by atomic mass is 10.0. The molecule has 1 aromatic carbocycles. The molecule has 1 aliphatic heterocycles. The highest BCUT2D eigenvalue weighted by Crippen LogP contribution is 2.45. The molecule has 34 heavy (non-hydrogen) atoms. The minimum atomic E-state index is -3.81. The van der Waals surface area contributed by atoms with E-state index in [1.54, 1.807) is 42.7 Å². The van der Waals surface area contributed by atoms with Crippen molar-refractivity contribution >= 4 is 21.8 Å². The second-order valence-electron chi connectivity index (χ2n) is 9.10. The molecule has 0 bridgehead atoms. The first-order chi connectivity index (χ1) is 16.4. The number of aromatic nitrogens is 1. The van der Waals surface area contributed by atoms with Crippen LogP contribution in [0, 0.1) is 0 Å². The third kappa shape index (κ3) is 5.15. The molecule has 2 amide bonds. The van der Waals surface area contributed by atoms with Gasteiger partial charge >= 0.3 is 0 Å². The number of nitrogens with zero attached hydrogens (tertiary/aromatic N) is 2. The van der Waals surface area contributed by atoms with Gasteiger partial charge in [-0.1, -0.05) is 44.0 Å². The van der Waals surface area contributed by atoms with Crippen molar-refractivity contribution in [1.29, 1.82) is 0 Å². The second-order valence-corrected chi connectivity index (χ2v) is 11.0. The van der Waals surface area contributed by atoms with E-state index < -0.39 is 33.6 Å². The third-order valence-electron chi connectivity index (χ3n) is 6.64. The number of amides is 2. The average Bonchev–Trinajstić information content (AvgIpc) is 3.65. The van der Waals surface area contributed by atoms with E-state index in [0.29, 0.717) is 25.7 Å². The molecule has 1 saturated heterocycles. The number of sulfonamides is 1. The first-order valence-electron chi connectivity index (χ1n) is 12.0. The van der Waals surface area contributed by atoms with E-state index in [-0.39, 0.29) is 18.8 Å². The Morgan fingerprint density at radius 3 is 2.59 bits per heavy atom. The van der Waals surface area contributed by atoms with Crippen LogP contribution >= 0.6 is 0 Å². The normalized spacial score (nSPS) is 20.8. The Hall–Kier alpha value is -2.78. The van der Waals surface area contributed by atoms with Crippen LogP contribution < -0.4 is 10.6 Å². The van der Waals surface area contributed by atoms with Crippen molar-refractivity contribution in [3.63, 3.8) is 0 Å². The minimum Gasteiger partial charge on any atom is -0.345 e. The Balaban J connectivity index is 0.00000342. The molecule has 0 radical (unpaired) electrons. The first-order valence-corrected chi connectivity index (χ1v) is 13.4. The average molecular weight is 487 g/mol. The summed E-state index contributed by atoms with van der Waals surface area (Å²) in [7, 11) is -3.81. The summed E-state index contributed by atoms with van der Waals surface area (Å²) in [5, 5.41) is 5.99. The van der Waals surface area contributed by atoms with Crippen molar-refractivity contribution in [2.24, 2.45) is 0 Å². The van der Waals surface area contributed by atoms with Crippen molar-refractivity contribution in [3.05, 3.63) is 60.4 Å². The van der Waals surface area contributed by atoms with Crippen LogP contribution in [0.15, 0.2) is 59.8 Å². The molecule has 4 rings (SSSR count). The zero-order chi connectivity index (χ0) is 24.2. The van der Waals surface area contributed by atoms with Gasteiger partial charge < -0.3 is 10.6 Å². The molecule has 1 aliphatic carbocycles. The Morgan fingerprint density at radius 1 is 1.18 bits per heavy atom. The van der Waals surface area contributed by atoms with Crippen LogP contribution in [0.2, 0.25) is 0 Å². The van der Waals surface area contributed by atoms with Gasteiger partial charge in [-0.3, -0.25) is 14.6 Å². The fraction of sp³-hybridized carbons (Fsp3) is 0.480. The standard InChI is InChI=1S/C25H32N4O4S.H2/c1-2-9-21(23(30)28-25(14-15-25)19-10-8-16-26-18-19)27-24(31)22-13-6-7-17-29(22)34(32,33)20-11-4-3-5-12-20;/h3-5,8,10-12,16,18,21-22H,2,6-7,9,13-15,17H2,1H3,(H,27,31)(H,28,30);1H/t21-,22+;/m1./s1. The number of pyridine rings is 1. The van der Waals surface area contributed by atoms with Crippen molar-refractivity contribution < 1.29 is 19.4 Å². The Morgan fingerprint density at radius 2 is 1.94 bits per heavy atom. The molecule has 2 fully saturated rings. The summed E-state index contributed by atoms with van der Waals surface area (Å²) < 4.78 is 27.8.